The average Bonchev–Trinajstić information content (AvgIpc) is 2.63. The summed E-state index contributed by atoms with van der Waals surface area (Å²) in [6, 6.07) is 8.38. The van der Waals surface area contributed by atoms with Gasteiger partial charge in [0, 0.05) is 45.5 Å². The molecule has 0 saturated carbocycles. The Balaban J connectivity index is 1.64. The van der Waals surface area contributed by atoms with Gasteiger partial charge in [0.15, 0.2) is 0 Å². The van der Waals surface area contributed by atoms with Gasteiger partial charge in [-0.05, 0) is 12.1 Å². The summed E-state index contributed by atoms with van der Waals surface area (Å²) in [5, 5.41) is 9.92. The van der Waals surface area contributed by atoms with Crippen LogP contribution in [0.3, 0.4) is 0 Å². The second kappa shape index (κ2) is 6.84. The van der Waals surface area contributed by atoms with Crippen molar-refractivity contribution in [3.8, 4) is 5.75 Å². The molecule has 1 amide bonds. The van der Waals surface area contributed by atoms with Crippen LogP contribution in [0, 0.1) is 0 Å². The Morgan fingerprint density at radius 3 is 2.44 bits per heavy atom. The summed E-state index contributed by atoms with van der Waals surface area (Å²) in [7, 11) is 1.39. The number of carbonyl (C=O) groups is 1. The number of amides is 1. The molecular formula is C17H20N4O4. The zero-order valence-corrected chi connectivity index (χ0v) is 14.0. The molecule has 1 N–H and O–H groups in total. The highest BCUT2D eigenvalue weighted by Crippen LogP contribution is 2.27. The van der Waals surface area contributed by atoms with Crippen molar-refractivity contribution in [1.82, 2.24) is 14.0 Å². The Bertz CT molecular complexity index is 894. The first-order valence-corrected chi connectivity index (χ1v) is 8.04. The predicted molar refractivity (Wildman–Crippen MR) is 92.8 cm³/mol. The second-order valence-corrected chi connectivity index (χ2v) is 5.98. The highest BCUT2D eigenvalue weighted by molar-refractivity contribution is 5.76. The number of para-hydroxylation sites is 2. The van der Waals surface area contributed by atoms with Gasteiger partial charge in [-0.15, -0.1) is 0 Å². The molecule has 1 fully saturated rings. The first-order valence-electron chi connectivity index (χ1n) is 8.04. The molecule has 132 valence electrons. The van der Waals surface area contributed by atoms with E-state index in [2.05, 4.69) is 0 Å². The molecule has 1 aromatic heterocycles. The molecule has 1 aromatic carbocycles. The van der Waals surface area contributed by atoms with Gasteiger partial charge in [0.1, 0.15) is 12.3 Å². The highest BCUT2D eigenvalue weighted by Gasteiger charge is 2.23. The molecule has 1 aliphatic rings. The molecule has 25 heavy (non-hydrogen) atoms. The fraction of sp³-hybridized carbons (Fsp3) is 0.353. The minimum Gasteiger partial charge on any atom is -0.506 e. The van der Waals surface area contributed by atoms with E-state index in [1.165, 1.54) is 23.9 Å². The van der Waals surface area contributed by atoms with Crippen molar-refractivity contribution in [2.45, 2.75) is 6.54 Å². The van der Waals surface area contributed by atoms with Crippen LogP contribution >= 0.6 is 0 Å². The molecule has 2 aromatic rings. The Morgan fingerprint density at radius 2 is 1.76 bits per heavy atom. The lowest BCUT2D eigenvalue weighted by Gasteiger charge is -2.36. The number of aromatic hydroxyl groups is 1. The smallest absolute Gasteiger partial charge is 0.331 e. The molecule has 1 saturated heterocycles. The van der Waals surface area contributed by atoms with Gasteiger partial charge in [-0.25, -0.2) is 4.79 Å². The van der Waals surface area contributed by atoms with E-state index in [0.717, 1.165) is 10.3 Å². The summed E-state index contributed by atoms with van der Waals surface area (Å²) >= 11 is 0. The molecule has 0 radical (unpaired) electrons. The van der Waals surface area contributed by atoms with Crippen molar-refractivity contribution >= 4 is 11.6 Å². The van der Waals surface area contributed by atoms with Crippen LogP contribution < -0.4 is 16.1 Å². The van der Waals surface area contributed by atoms with E-state index in [4.69, 9.17) is 0 Å². The van der Waals surface area contributed by atoms with Crippen LogP contribution in [0.2, 0.25) is 0 Å². The standard InChI is InChI=1S/C17H20N4O4/c1-18-15(23)6-7-21(17(18)25)12-16(24)20-10-8-19(9-11-20)13-4-2-3-5-14(13)22/h2-7,22H,8-12H2,1H3. The predicted octanol–water partition coefficient (Wildman–Crippen LogP) is -0.399. The molecule has 2 heterocycles. The Kier molecular flexibility index (Phi) is 4.60. The van der Waals surface area contributed by atoms with Crippen LogP contribution in [0.25, 0.3) is 0 Å². The maximum atomic E-state index is 12.4. The SMILES string of the molecule is Cn1c(=O)ccn(CC(=O)N2CCN(c3ccccc3O)CC2)c1=O. The molecule has 8 heteroatoms. The summed E-state index contributed by atoms with van der Waals surface area (Å²) in [6.07, 6.45) is 1.35. The monoisotopic (exact) mass is 344 g/mol. The number of hydrogen-bond acceptors (Lipinski definition) is 5. The second-order valence-electron chi connectivity index (χ2n) is 5.98. The first kappa shape index (κ1) is 16.8. The van der Waals surface area contributed by atoms with Gasteiger partial charge in [0.05, 0.1) is 5.69 Å². The number of phenols is 1. The van der Waals surface area contributed by atoms with Gasteiger partial charge in [0.2, 0.25) is 5.91 Å². The van der Waals surface area contributed by atoms with Gasteiger partial charge in [-0.1, -0.05) is 12.1 Å². The summed E-state index contributed by atoms with van der Waals surface area (Å²) in [5.41, 5.74) is -0.150. The van der Waals surface area contributed by atoms with E-state index in [1.807, 2.05) is 17.0 Å². The van der Waals surface area contributed by atoms with Crippen molar-refractivity contribution in [3.63, 3.8) is 0 Å². The number of phenolic OH excluding ortho intramolecular Hbond substituents is 1. The zero-order valence-electron chi connectivity index (χ0n) is 14.0. The van der Waals surface area contributed by atoms with Crippen molar-refractivity contribution in [2.75, 3.05) is 31.1 Å². The third kappa shape index (κ3) is 3.42. The Hall–Kier alpha value is -3.03. The minimum atomic E-state index is -0.506. The number of nitrogens with zero attached hydrogens (tertiary/aromatic N) is 4. The van der Waals surface area contributed by atoms with Crippen LogP contribution in [0.1, 0.15) is 0 Å². The Morgan fingerprint density at radius 1 is 1.08 bits per heavy atom. The lowest BCUT2D eigenvalue weighted by atomic mass is 10.2. The highest BCUT2D eigenvalue weighted by atomic mass is 16.3. The largest absolute Gasteiger partial charge is 0.506 e. The van der Waals surface area contributed by atoms with Crippen molar-refractivity contribution in [2.24, 2.45) is 7.05 Å². The fourth-order valence-corrected chi connectivity index (χ4v) is 2.91. The van der Waals surface area contributed by atoms with E-state index < -0.39 is 11.2 Å². The normalized spacial score (nSPS) is 14.6. The molecule has 0 atom stereocenters. The van der Waals surface area contributed by atoms with Crippen molar-refractivity contribution in [1.29, 1.82) is 0 Å². The summed E-state index contributed by atoms with van der Waals surface area (Å²) in [4.78, 5) is 39.6. The number of carbonyl (C=O) groups excluding carboxylic acids is 1. The van der Waals surface area contributed by atoms with E-state index in [-0.39, 0.29) is 18.2 Å². The van der Waals surface area contributed by atoms with Gasteiger partial charge in [-0.2, -0.15) is 0 Å². The lowest BCUT2D eigenvalue weighted by Crippen LogP contribution is -2.50. The third-order valence-electron chi connectivity index (χ3n) is 4.42. The van der Waals surface area contributed by atoms with Crippen LogP contribution in [0.15, 0.2) is 46.1 Å². The van der Waals surface area contributed by atoms with Gasteiger partial charge in [0.25, 0.3) is 5.56 Å². The van der Waals surface area contributed by atoms with E-state index in [1.54, 1.807) is 17.0 Å². The number of hydrogen-bond donors (Lipinski definition) is 1. The quantitative estimate of drug-likeness (QED) is 0.819. The maximum absolute atomic E-state index is 12.4. The topological polar surface area (TPSA) is 87.8 Å². The van der Waals surface area contributed by atoms with Crippen LogP contribution in [-0.2, 0) is 18.4 Å². The van der Waals surface area contributed by atoms with E-state index in [0.29, 0.717) is 26.2 Å². The van der Waals surface area contributed by atoms with Gasteiger partial charge >= 0.3 is 5.69 Å². The Labute approximate surface area is 144 Å². The summed E-state index contributed by atoms with van der Waals surface area (Å²) < 4.78 is 2.21. The molecule has 1 aliphatic heterocycles. The maximum Gasteiger partial charge on any atom is 0.331 e. The first-order chi connectivity index (χ1) is 12.0. The summed E-state index contributed by atoms with van der Waals surface area (Å²) in [6.45, 7) is 2.13. The van der Waals surface area contributed by atoms with Crippen molar-refractivity contribution in [3.05, 3.63) is 57.4 Å². The van der Waals surface area contributed by atoms with Crippen LogP contribution in [-0.4, -0.2) is 51.2 Å². The van der Waals surface area contributed by atoms with E-state index >= 15 is 0 Å². The molecule has 8 nitrogen and oxygen atoms in total. The van der Waals surface area contributed by atoms with Crippen molar-refractivity contribution < 1.29 is 9.90 Å². The molecular weight excluding hydrogens is 324 g/mol. The molecule has 0 aliphatic carbocycles. The third-order valence-corrected chi connectivity index (χ3v) is 4.42. The number of rotatable bonds is 3. The molecule has 0 bridgehead atoms. The minimum absolute atomic E-state index is 0.0937. The zero-order chi connectivity index (χ0) is 18.0. The van der Waals surface area contributed by atoms with Gasteiger partial charge in [-0.3, -0.25) is 18.7 Å². The van der Waals surface area contributed by atoms with Gasteiger partial charge < -0.3 is 14.9 Å². The van der Waals surface area contributed by atoms with Crippen LogP contribution in [0.5, 0.6) is 5.75 Å². The number of anilines is 1. The number of piperazine rings is 1. The van der Waals surface area contributed by atoms with E-state index in [9.17, 15) is 19.5 Å². The molecule has 0 unspecified atom stereocenters. The fourth-order valence-electron chi connectivity index (χ4n) is 2.91. The average molecular weight is 344 g/mol. The molecule has 3 rings (SSSR count). The molecule has 0 spiro atoms. The number of benzene rings is 1. The number of aromatic nitrogens is 2. The lowest BCUT2D eigenvalue weighted by molar-refractivity contribution is -0.132. The van der Waals surface area contributed by atoms with Crippen LogP contribution in [0.4, 0.5) is 5.69 Å². The summed E-state index contributed by atoms with van der Waals surface area (Å²) in [5.74, 6) is 0.0525.